The highest BCUT2D eigenvalue weighted by Crippen LogP contribution is 2.42. The van der Waals surface area contributed by atoms with Gasteiger partial charge in [-0.1, -0.05) is 18.2 Å². The Morgan fingerprint density at radius 1 is 1.18 bits per heavy atom. The number of hydrogen-bond donors (Lipinski definition) is 2. The number of carbonyl (C=O) groups is 3. The fourth-order valence-electron chi connectivity index (χ4n) is 4.60. The number of rotatable bonds is 6. The van der Waals surface area contributed by atoms with E-state index in [9.17, 15) is 23.2 Å². The van der Waals surface area contributed by atoms with E-state index in [1.54, 1.807) is 24.3 Å². The Morgan fingerprint density at radius 3 is 2.74 bits per heavy atom. The molecule has 0 spiro atoms. The molecular weight excluding hydrogens is 446 g/mol. The maximum Gasteiger partial charge on any atom is 0.269 e. The highest BCUT2D eigenvalue weighted by atomic mass is 19.1. The van der Waals surface area contributed by atoms with E-state index in [0.29, 0.717) is 22.9 Å². The second-order valence-electron chi connectivity index (χ2n) is 8.64. The number of pyridine rings is 1. The maximum absolute atomic E-state index is 14.3. The number of halogens is 2. The molecule has 2 aromatic heterocycles. The Hall–Kier alpha value is -3.89. The van der Waals surface area contributed by atoms with Crippen LogP contribution in [0.3, 0.4) is 0 Å². The molecule has 34 heavy (non-hydrogen) atoms. The van der Waals surface area contributed by atoms with Gasteiger partial charge in [0, 0.05) is 30.0 Å². The molecule has 0 bridgehead atoms. The van der Waals surface area contributed by atoms with Crippen molar-refractivity contribution < 1.29 is 23.2 Å². The van der Waals surface area contributed by atoms with Crippen molar-refractivity contribution in [1.29, 1.82) is 0 Å². The Kier molecular flexibility index (Phi) is 5.46. The van der Waals surface area contributed by atoms with Crippen molar-refractivity contribution in [3.63, 3.8) is 0 Å². The SMILES string of the molecule is NC(=O)c1nn(CC(=O)N2C[C@H](F)C[C@H]2C(=O)N[C@H]2C[C@@H]2c2ccccc2F)c2cnccc12. The summed E-state index contributed by atoms with van der Waals surface area (Å²) in [5.74, 6) is -2.22. The number of nitrogens with one attached hydrogen (secondary N) is 1. The lowest BCUT2D eigenvalue weighted by molar-refractivity contribution is -0.139. The zero-order valence-electron chi connectivity index (χ0n) is 18.0. The minimum atomic E-state index is -1.35. The zero-order chi connectivity index (χ0) is 24.0. The molecule has 1 aromatic carbocycles. The van der Waals surface area contributed by atoms with Gasteiger partial charge in [0.25, 0.3) is 5.91 Å². The molecule has 176 valence electrons. The van der Waals surface area contributed by atoms with Crippen LogP contribution in [0.5, 0.6) is 0 Å². The summed E-state index contributed by atoms with van der Waals surface area (Å²) in [6.45, 7) is -0.536. The average Bonchev–Trinajstić information content (AvgIpc) is 3.28. The van der Waals surface area contributed by atoms with Crippen LogP contribution in [0.4, 0.5) is 8.78 Å². The molecular formula is C23H22F2N6O3. The highest BCUT2D eigenvalue weighted by Gasteiger charge is 2.45. The van der Waals surface area contributed by atoms with Crippen molar-refractivity contribution in [2.24, 2.45) is 5.73 Å². The average molecular weight is 468 g/mol. The minimum Gasteiger partial charge on any atom is -0.364 e. The predicted molar refractivity (Wildman–Crippen MR) is 117 cm³/mol. The molecule has 3 amide bonds. The molecule has 1 aliphatic heterocycles. The van der Waals surface area contributed by atoms with Crippen molar-refractivity contribution in [2.45, 2.75) is 43.6 Å². The summed E-state index contributed by atoms with van der Waals surface area (Å²) in [6.07, 6.45) is 2.03. The Balaban J connectivity index is 1.29. The van der Waals surface area contributed by atoms with Crippen LogP contribution in [0, 0.1) is 5.82 Å². The third-order valence-electron chi connectivity index (χ3n) is 6.37. The van der Waals surface area contributed by atoms with Crippen LogP contribution in [0.15, 0.2) is 42.7 Å². The predicted octanol–water partition coefficient (Wildman–Crippen LogP) is 1.28. The number of likely N-dealkylation sites (tertiary alicyclic amines) is 1. The minimum absolute atomic E-state index is 0.00259. The molecule has 2 aliphatic rings. The number of alkyl halides is 1. The third kappa shape index (κ3) is 3.97. The van der Waals surface area contributed by atoms with E-state index in [4.69, 9.17) is 5.73 Å². The first-order valence-electron chi connectivity index (χ1n) is 10.9. The zero-order valence-corrected chi connectivity index (χ0v) is 18.0. The number of fused-ring (bicyclic) bond motifs is 1. The second kappa shape index (κ2) is 8.47. The van der Waals surface area contributed by atoms with E-state index >= 15 is 0 Å². The van der Waals surface area contributed by atoms with Crippen molar-refractivity contribution in [3.8, 4) is 0 Å². The largest absolute Gasteiger partial charge is 0.364 e. The van der Waals surface area contributed by atoms with Gasteiger partial charge in [0.2, 0.25) is 11.8 Å². The summed E-state index contributed by atoms with van der Waals surface area (Å²) < 4.78 is 29.6. The molecule has 1 saturated heterocycles. The molecule has 11 heteroatoms. The van der Waals surface area contributed by atoms with Crippen LogP contribution in [-0.4, -0.2) is 62.2 Å². The smallest absolute Gasteiger partial charge is 0.269 e. The topological polar surface area (TPSA) is 123 Å². The van der Waals surface area contributed by atoms with Crippen LogP contribution >= 0.6 is 0 Å². The van der Waals surface area contributed by atoms with Crippen LogP contribution in [0.25, 0.3) is 10.9 Å². The van der Waals surface area contributed by atoms with Crippen molar-refractivity contribution in [2.75, 3.05) is 6.54 Å². The van der Waals surface area contributed by atoms with Gasteiger partial charge in [-0.05, 0) is 24.1 Å². The molecule has 0 unspecified atom stereocenters. The van der Waals surface area contributed by atoms with Gasteiger partial charge in [-0.15, -0.1) is 0 Å². The molecule has 4 atom stereocenters. The maximum atomic E-state index is 14.3. The number of carbonyl (C=O) groups excluding carboxylic acids is 3. The Morgan fingerprint density at radius 2 is 1.97 bits per heavy atom. The van der Waals surface area contributed by atoms with Gasteiger partial charge in [-0.2, -0.15) is 5.10 Å². The van der Waals surface area contributed by atoms with Crippen LogP contribution in [0.2, 0.25) is 0 Å². The number of primary amides is 1. The lowest BCUT2D eigenvalue weighted by Crippen LogP contribution is -2.47. The van der Waals surface area contributed by atoms with E-state index in [2.05, 4.69) is 15.4 Å². The molecule has 3 N–H and O–H groups in total. The van der Waals surface area contributed by atoms with Gasteiger partial charge in [-0.25, -0.2) is 8.78 Å². The molecule has 5 rings (SSSR count). The van der Waals surface area contributed by atoms with Crippen molar-refractivity contribution >= 4 is 28.6 Å². The Labute approximate surface area is 192 Å². The molecule has 1 aliphatic carbocycles. The normalized spacial score (nSPS) is 23.8. The summed E-state index contributed by atoms with van der Waals surface area (Å²) in [5, 5.41) is 7.40. The summed E-state index contributed by atoms with van der Waals surface area (Å²) >= 11 is 0. The fraction of sp³-hybridized carbons (Fsp3) is 0.348. The van der Waals surface area contributed by atoms with E-state index in [0.717, 1.165) is 0 Å². The van der Waals surface area contributed by atoms with E-state index in [1.807, 2.05) is 0 Å². The van der Waals surface area contributed by atoms with Crippen LogP contribution in [0.1, 0.15) is 34.8 Å². The van der Waals surface area contributed by atoms with Gasteiger partial charge in [-0.3, -0.25) is 24.0 Å². The van der Waals surface area contributed by atoms with Crippen LogP contribution < -0.4 is 11.1 Å². The first kappa shape index (κ1) is 21.9. The highest BCUT2D eigenvalue weighted by molar-refractivity contribution is 6.04. The summed E-state index contributed by atoms with van der Waals surface area (Å²) in [4.78, 5) is 42.9. The van der Waals surface area contributed by atoms with Gasteiger partial charge >= 0.3 is 0 Å². The summed E-state index contributed by atoms with van der Waals surface area (Å²) in [7, 11) is 0. The van der Waals surface area contributed by atoms with E-state index in [1.165, 1.54) is 28.0 Å². The second-order valence-corrected chi connectivity index (χ2v) is 8.64. The lowest BCUT2D eigenvalue weighted by Gasteiger charge is -2.24. The van der Waals surface area contributed by atoms with Gasteiger partial charge in [0.1, 0.15) is 24.6 Å². The third-order valence-corrected chi connectivity index (χ3v) is 6.37. The standard InChI is InChI=1S/C23H22F2N6O3/c24-12-7-18(23(34)28-17-8-15(17)13-3-1-2-4-16(13)25)30(10-12)20(32)11-31-19-9-27-6-5-14(19)21(29-31)22(26)33/h1-6,9,12,15,17-18H,7-8,10-11H2,(H2,26,33)(H,28,34)/t12-,15-,17+,18+/m1/s1. The number of nitrogens with two attached hydrogens (primary N) is 1. The molecule has 3 heterocycles. The van der Waals surface area contributed by atoms with E-state index in [-0.39, 0.29) is 43.0 Å². The van der Waals surface area contributed by atoms with Crippen LogP contribution in [-0.2, 0) is 16.1 Å². The van der Waals surface area contributed by atoms with Gasteiger partial charge in [0.05, 0.1) is 18.3 Å². The van der Waals surface area contributed by atoms with E-state index < -0.39 is 29.9 Å². The molecule has 0 radical (unpaired) electrons. The number of aromatic nitrogens is 3. The fourth-order valence-corrected chi connectivity index (χ4v) is 4.60. The lowest BCUT2D eigenvalue weighted by atomic mass is 10.1. The number of benzene rings is 1. The number of amides is 3. The first-order valence-corrected chi connectivity index (χ1v) is 10.9. The number of nitrogens with zero attached hydrogens (tertiary/aromatic N) is 4. The number of hydrogen-bond acceptors (Lipinski definition) is 5. The van der Waals surface area contributed by atoms with Gasteiger partial charge in [0.15, 0.2) is 5.69 Å². The molecule has 1 saturated carbocycles. The summed E-state index contributed by atoms with van der Waals surface area (Å²) in [6, 6.07) is 6.70. The summed E-state index contributed by atoms with van der Waals surface area (Å²) in [5.41, 5.74) is 6.33. The Bertz CT molecular complexity index is 1290. The monoisotopic (exact) mass is 468 g/mol. The first-order chi connectivity index (χ1) is 16.3. The van der Waals surface area contributed by atoms with Crippen molar-refractivity contribution in [1.82, 2.24) is 25.0 Å². The van der Waals surface area contributed by atoms with Crippen molar-refractivity contribution in [3.05, 3.63) is 59.8 Å². The molecule has 2 fully saturated rings. The molecule has 9 nitrogen and oxygen atoms in total. The molecule has 3 aromatic rings. The quantitative estimate of drug-likeness (QED) is 0.564. The van der Waals surface area contributed by atoms with Gasteiger partial charge < -0.3 is 16.0 Å².